The Kier molecular flexibility index (Phi) is 3.52. The van der Waals surface area contributed by atoms with Gasteiger partial charge >= 0.3 is 0 Å². The molecule has 0 radical (unpaired) electrons. The van der Waals surface area contributed by atoms with Crippen LogP contribution in [0.15, 0.2) is 48.5 Å². The number of hydrogen-bond donors (Lipinski definition) is 2. The number of nitrogens with one attached hydrogen (secondary N) is 1. The summed E-state index contributed by atoms with van der Waals surface area (Å²) in [6, 6.07) is 15.6. The number of phenols is 1. The van der Waals surface area contributed by atoms with Crippen molar-refractivity contribution in [3.63, 3.8) is 0 Å². The average Bonchev–Trinajstić information content (AvgIpc) is 2.85. The number of benzene rings is 2. The first kappa shape index (κ1) is 13.5. The lowest BCUT2D eigenvalue weighted by molar-refractivity contribution is 0.475. The number of nitrogens with zero attached hydrogens (tertiary/aromatic N) is 2. The first-order valence-corrected chi connectivity index (χ1v) is 7.14. The molecule has 0 bridgehead atoms. The monoisotopic (exact) mass is 281 g/mol. The number of hydrogen-bond acceptors (Lipinski definition) is 3. The molecule has 0 aliphatic heterocycles. The van der Waals surface area contributed by atoms with Crippen LogP contribution in [-0.4, -0.2) is 14.7 Å². The average molecular weight is 281 g/mol. The standard InChI is InChI=1S/C17H19N3O/c1-12(2)20-16-6-4-3-5-15(16)19-17(20)11-18-13-7-9-14(21)10-8-13/h3-10,12,18,21H,11H2,1-2H3. The lowest BCUT2D eigenvalue weighted by Crippen LogP contribution is -2.10. The smallest absolute Gasteiger partial charge is 0.129 e. The number of rotatable bonds is 4. The van der Waals surface area contributed by atoms with E-state index in [9.17, 15) is 5.11 Å². The summed E-state index contributed by atoms with van der Waals surface area (Å²) in [7, 11) is 0. The van der Waals surface area contributed by atoms with Gasteiger partial charge in [-0.1, -0.05) is 12.1 Å². The largest absolute Gasteiger partial charge is 0.508 e. The fourth-order valence-corrected chi connectivity index (χ4v) is 2.56. The Labute approximate surface area is 124 Å². The van der Waals surface area contributed by atoms with Gasteiger partial charge in [-0.2, -0.15) is 0 Å². The topological polar surface area (TPSA) is 50.1 Å². The summed E-state index contributed by atoms with van der Waals surface area (Å²) in [5, 5.41) is 12.7. The van der Waals surface area contributed by atoms with Gasteiger partial charge in [-0.15, -0.1) is 0 Å². The van der Waals surface area contributed by atoms with E-state index in [1.54, 1.807) is 12.1 Å². The van der Waals surface area contributed by atoms with Gasteiger partial charge in [-0.25, -0.2) is 4.98 Å². The minimum absolute atomic E-state index is 0.273. The molecule has 108 valence electrons. The molecule has 4 heteroatoms. The molecule has 0 saturated carbocycles. The van der Waals surface area contributed by atoms with Gasteiger partial charge < -0.3 is 15.0 Å². The predicted molar refractivity (Wildman–Crippen MR) is 85.6 cm³/mol. The Balaban J connectivity index is 1.89. The molecule has 0 saturated heterocycles. The van der Waals surface area contributed by atoms with Crippen LogP contribution < -0.4 is 5.32 Å². The molecular formula is C17H19N3O. The van der Waals surface area contributed by atoms with E-state index in [1.165, 1.54) is 0 Å². The van der Waals surface area contributed by atoms with Crippen molar-refractivity contribution in [2.45, 2.75) is 26.4 Å². The summed E-state index contributed by atoms with van der Waals surface area (Å²) in [5.74, 6) is 1.29. The van der Waals surface area contributed by atoms with Crippen molar-refractivity contribution in [3.8, 4) is 5.75 Å². The van der Waals surface area contributed by atoms with Gasteiger partial charge in [0.2, 0.25) is 0 Å². The Morgan fingerprint density at radius 3 is 2.52 bits per heavy atom. The van der Waals surface area contributed by atoms with Crippen LogP contribution in [-0.2, 0) is 6.54 Å². The van der Waals surface area contributed by atoms with E-state index in [1.807, 2.05) is 30.3 Å². The number of imidazole rings is 1. The second-order valence-electron chi connectivity index (χ2n) is 5.38. The van der Waals surface area contributed by atoms with Gasteiger partial charge in [0.05, 0.1) is 17.6 Å². The van der Waals surface area contributed by atoms with Crippen molar-refractivity contribution in [3.05, 3.63) is 54.4 Å². The van der Waals surface area contributed by atoms with Crippen LogP contribution in [0.25, 0.3) is 11.0 Å². The number of aromatic hydroxyl groups is 1. The molecule has 4 nitrogen and oxygen atoms in total. The molecule has 0 atom stereocenters. The summed E-state index contributed by atoms with van der Waals surface area (Å²) >= 11 is 0. The van der Waals surface area contributed by atoms with Gasteiger partial charge in [0.1, 0.15) is 11.6 Å². The molecule has 2 aromatic carbocycles. The highest BCUT2D eigenvalue weighted by Gasteiger charge is 2.12. The van der Waals surface area contributed by atoms with Gasteiger partial charge in [0, 0.05) is 11.7 Å². The lowest BCUT2D eigenvalue weighted by atomic mass is 10.3. The van der Waals surface area contributed by atoms with E-state index < -0.39 is 0 Å². The zero-order chi connectivity index (χ0) is 14.8. The molecule has 1 aromatic heterocycles. The number of anilines is 1. The van der Waals surface area contributed by atoms with Gasteiger partial charge in [-0.05, 0) is 50.2 Å². The maximum atomic E-state index is 9.31. The summed E-state index contributed by atoms with van der Waals surface area (Å²) in [6.45, 7) is 4.98. The lowest BCUT2D eigenvalue weighted by Gasteiger charge is -2.14. The minimum atomic E-state index is 0.273. The molecule has 0 amide bonds. The maximum Gasteiger partial charge on any atom is 0.129 e. The summed E-state index contributed by atoms with van der Waals surface area (Å²) in [5.41, 5.74) is 3.15. The van der Waals surface area contributed by atoms with Crippen molar-refractivity contribution in [2.75, 3.05) is 5.32 Å². The Bertz CT molecular complexity index is 744. The highest BCUT2D eigenvalue weighted by atomic mass is 16.3. The van der Waals surface area contributed by atoms with Crippen LogP contribution in [0.2, 0.25) is 0 Å². The Morgan fingerprint density at radius 2 is 1.81 bits per heavy atom. The van der Waals surface area contributed by atoms with E-state index in [4.69, 9.17) is 4.98 Å². The number of phenolic OH excluding ortho intramolecular Hbond substituents is 1. The van der Waals surface area contributed by atoms with E-state index in [-0.39, 0.29) is 5.75 Å². The van der Waals surface area contributed by atoms with Crippen molar-refractivity contribution >= 4 is 16.7 Å². The van der Waals surface area contributed by atoms with Crippen LogP contribution in [0, 0.1) is 0 Å². The second kappa shape index (κ2) is 5.48. The van der Waals surface area contributed by atoms with Gasteiger partial charge in [-0.3, -0.25) is 0 Å². The Hall–Kier alpha value is -2.49. The normalized spacial score (nSPS) is 11.2. The number of fused-ring (bicyclic) bond motifs is 1. The van der Waals surface area contributed by atoms with Crippen molar-refractivity contribution in [1.82, 2.24) is 9.55 Å². The van der Waals surface area contributed by atoms with Crippen molar-refractivity contribution in [2.24, 2.45) is 0 Å². The molecule has 3 rings (SSSR count). The van der Waals surface area contributed by atoms with Crippen LogP contribution in [0.5, 0.6) is 5.75 Å². The number of para-hydroxylation sites is 2. The fourth-order valence-electron chi connectivity index (χ4n) is 2.56. The van der Waals surface area contributed by atoms with E-state index in [0.29, 0.717) is 12.6 Å². The van der Waals surface area contributed by atoms with E-state index in [2.05, 4.69) is 29.8 Å². The van der Waals surface area contributed by atoms with Crippen molar-refractivity contribution < 1.29 is 5.11 Å². The van der Waals surface area contributed by atoms with E-state index in [0.717, 1.165) is 22.5 Å². The molecule has 0 aliphatic carbocycles. The molecule has 0 unspecified atom stereocenters. The van der Waals surface area contributed by atoms with E-state index >= 15 is 0 Å². The SMILES string of the molecule is CC(C)n1c(CNc2ccc(O)cc2)nc2ccccc21. The molecular weight excluding hydrogens is 262 g/mol. The quantitative estimate of drug-likeness (QED) is 0.712. The van der Waals surface area contributed by atoms with Gasteiger partial charge in [0.25, 0.3) is 0 Å². The Morgan fingerprint density at radius 1 is 1.10 bits per heavy atom. The van der Waals surface area contributed by atoms with Crippen molar-refractivity contribution in [1.29, 1.82) is 0 Å². The molecule has 21 heavy (non-hydrogen) atoms. The summed E-state index contributed by atoms with van der Waals surface area (Å²) in [6.07, 6.45) is 0. The zero-order valence-electron chi connectivity index (χ0n) is 12.2. The third-order valence-electron chi connectivity index (χ3n) is 3.50. The van der Waals surface area contributed by atoms with Gasteiger partial charge in [0.15, 0.2) is 0 Å². The molecule has 1 heterocycles. The first-order valence-electron chi connectivity index (χ1n) is 7.14. The highest BCUT2D eigenvalue weighted by molar-refractivity contribution is 5.76. The summed E-state index contributed by atoms with van der Waals surface area (Å²) in [4.78, 5) is 4.72. The molecule has 2 N–H and O–H groups in total. The number of aromatic nitrogens is 2. The zero-order valence-corrected chi connectivity index (χ0v) is 12.2. The molecule has 0 spiro atoms. The predicted octanol–water partition coefficient (Wildman–Crippen LogP) is 3.93. The van der Waals surface area contributed by atoms with Crippen LogP contribution >= 0.6 is 0 Å². The first-order chi connectivity index (χ1) is 10.1. The van der Waals surface area contributed by atoms with Crippen LogP contribution in [0.3, 0.4) is 0 Å². The fraction of sp³-hybridized carbons (Fsp3) is 0.235. The maximum absolute atomic E-state index is 9.31. The third kappa shape index (κ3) is 2.70. The molecule has 3 aromatic rings. The minimum Gasteiger partial charge on any atom is -0.508 e. The second-order valence-corrected chi connectivity index (χ2v) is 5.38. The van der Waals surface area contributed by atoms with Crippen LogP contribution in [0.1, 0.15) is 25.7 Å². The third-order valence-corrected chi connectivity index (χ3v) is 3.50. The summed E-state index contributed by atoms with van der Waals surface area (Å²) < 4.78 is 2.25. The highest BCUT2D eigenvalue weighted by Crippen LogP contribution is 2.22. The molecule has 0 aliphatic rings. The van der Waals surface area contributed by atoms with Crippen LogP contribution in [0.4, 0.5) is 5.69 Å². The molecule has 0 fully saturated rings.